The number of hydrogen-bond acceptors (Lipinski definition) is 2. The number of hydrogen-bond donors (Lipinski definition) is 2. The van der Waals surface area contributed by atoms with Crippen molar-refractivity contribution in [2.24, 2.45) is 4.99 Å². The molecule has 0 heterocycles. The van der Waals surface area contributed by atoms with Crippen LogP contribution in [0.25, 0.3) is 0 Å². The van der Waals surface area contributed by atoms with Gasteiger partial charge in [-0.1, -0.05) is 0 Å². The number of nitrogens with zero attached hydrogens (tertiary/aromatic N) is 1. The Morgan fingerprint density at radius 3 is 2.67 bits per heavy atom. The van der Waals surface area contributed by atoms with E-state index in [2.05, 4.69) is 21.9 Å². The van der Waals surface area contributed by atoms with E-state index in [0.717, 1.165) is 30.9 Å². The fraction of sp³-hybridized carbons (Fsp3) is 0.533. The van der Waals surface area contributed by atoms with E-state index in [9.17, 15) is 8.78 Å². The molecule has 0 atom stereocenters. The molecule has 0 fully saturated rings. The van der Waals surface area contributed by atoms with Crippen LogP contribution in [0.3, 0.4) is 0 Å². The highest BCUT2D eigenvalue weighted by Gasteiger charge is 2.04. The zero-order valence-corrected chi connectivity index (χ0v) is 13.4. The van der Waals surface area contributed by atoms with E-state index < -0.39 is 5.82 Å². The van der Waals surface area contributed by atoms with Gasteiger partial charge in [-0.05, 0) is 55.0 Å². The quantitative estimate of drug-likeness (QED) is 0.440. The molecule has 0 saturated carbocycles. The van der Waals surface area contributed by atoms with Crippen molar-refractivity contribution in [1.29, 1.82) is 0 Å². The summed E-state index contributed by atoms with van der Waals surface area (Å²) in [6.07, 6.45) is 4.76. The molecular formula is C15H23F2N3S. The zero-order valence-electron chi connectivity index (χ0n) is 12.6. The van der Waals surface area contributed by atoms with Gasteiger partial charge in [0.15, 0.2) is 5.96 Å². The lowest BCUT2D eigenvalue weighted by Gasteiger charge is -2.12. The summed E-state index contributed by atoms with van der Waals surface area (Å²) in [5.74, 6) is 1.06. The lowest BCUT2D eigenvalue weighted by atomic mass is 10.1. The third-order valence-electron chi connectivity index (χ3n) is 2.99. The fourth-order valence-corrected chi connectivity index (χ4v) is 2.34. The fourth-order valence-electron chi connectivity index (χ4n) is 1.85. The van der Waals surface area contributed by atoms with Gasteiger partial charge in [-0.25, -0.2) is 8.78 Å². The molecule has 1 rings (SSSR count). The van der Waals surface area contributed by atoms with Crippen molar-refractivity contribution in [3.05, 3.63) is 35.4 Å². The minimum Gasteiger partial charge on any atom is -0.356 e. The Labute approximate surface area is 129 Å². The van der Waals surface area contributed by atoms with E-state index in [1.54, 1.807) is 7.05 Å². The Morgan fingerprint density at radius 1 is 1.19 bits per heavy atom. The molecule has 6 heteroatoms. The Morgan fingerprint density at radius 2 is 1.95 bits per heavy atom. The van der Waals surface area contributed by atoms with Crippen molar-refractivity contribution in [3.63, 3.8) is 0 Å². The average Bonchev–Trinajstić information content (AvgIpc) is 2.48. The van der Waals surface area contributed by atoms with E-state index in [1.807, 2.05) is 11.8 Å². The number of rotatable bonds is 8. The van der Waals surface area contributed by atoms with Crippen LogP contribution >= 0.6 is 11.8 Å². The molecule has 0 radical (unpaired) electrons. The number of aliphatic imine (C=N–C) groups is 1. The van der Waals surface area contributed by atoms with Crippen molar-refractivity contribution < 1.29 is 8.78 Å². The van der Waals surface area contributed by atoms with E-state index >= 15 is 0 Å². The first kappa shape index (κ1) is 17.8. The van der Waals surface area contributed by atoms with Crippen LogP contribution in [0.15, 0.2) is 23.2 Å². The lowest BCUT2D eigenvalue weighted by Crippen LogP contribution is -2.38. The third-order valence-corrected chi connectivity index (χ3v) is 3.68. The first-order chi connectivity index (χ1) is 10.2. The van der Waals surface area contributed by atoms with Gasteiger partial charge < -0.3 is 10.6 Å². The van der Waals surface area contributed by atoms with Gasteiger partial charge in [-0.15, -0.1) is 0 Å². The molecule has 2 N–H and O–H groups in total. The smallest absolute Gasteiger partial charge is 0.190 e. The van der Waals surface area contributed by atoms with Crippen LogP contribution in [0.5, 0.6) is 0 Å². The zero-order chi connectivity index (χ0) is 15.5. The van der Waals surface area contributed by atoms with Crippen LogP contribution in [-0.2, 0) is 6.42 Å². The van der Waals surface area contributed by atoms with Gasteiger partial charge >= 0.3 is 0 Å². The van der Waals surface area contributed by atoms with Crippen LogP contribution < -0.4 is 10.6 Å². The molecule has 0 aromatic heterocycles. The van der Waals surface area contributed by atoms with E-state index in [4.69, 9.17) is 0 Å². The summed E-state index contributed by atoms with van der Waals surface area (Å²) in [6.45, 7) is 1.36. The van der Waals surface area contributed by atoms with Gasteiger partial charge in [-0.3, -0.25) is 4.99 Å². The monoisotopic (exact) mass is 315 g/mol. The Hall–Kier alpha value is -1.30. The summed E-state index contributed by atoms with van der Waals surface area (Å²) in [7, 11) is 1.69. The first-order valence-corrected chi connectivity index (χ1v) is 8.44. The van der Waals surface area contributed by atoms with Gasteiger partial charge in [0.05, 0.1) is 0 Å². The minimum absolute atomic E-state index is 0.373. The van der Waals surface area contributed by atoms with Crippen LogP contribution in [0.2, 0.25) is 0 Å². The molecule has 0 bridgehead atoms. The predicted octanol–water partition coefficient (Wildman–Crippen LogP) is 2.82. The molecule has 0 aliphatic rings. The molecule has 0 unspecified atom stereocenters. The van der Waals surface area contributed by atoms with Gasteiger partial charge in [-0.2, -0.15) is 11.8 Å². The molecule has 0 saturated heterocycles. The van der Waals surface area contributed by atoms with Crippen molar-refractivity contribution in [3.8, 4) is 0 Å². The lowest BCUT2D eigenvalue weighted by molar-refractivity contribution is 0.583. The van der Waals surface area contributed by atoms with Gasteiger partial charge in [0.25, 0.3) is 0 Å². The standard InChI is InChI=1S/C15H23F2N3S/c1-18-15(19-8-3-4-10-21-2)20-9-7-12-11-13(16)5-6-14(12)17/h5-6,11H,3-4,7-10H2,1-2H3,(H2,18,19,20). The van der Waals surface area contributed by atoms with Crippen LogP contribution in [-0.4, -0.2) is 38.1 Å². The van der Waals surface area contributed by atoms with Gasteiger partial charge in [0.1, 0.15) is 11.6 Å². The average molecular weight is 315 g/mol. The number of unbranched alkanes of at least 4 members (excludes halogenated alkanes) is 1. The maximum Gasteiger partial charge on any atom is 0.190 e. The molecule has 1 aromatic carbocycles. The summed E-state index contributed by atoms with van der Waals surface area (Å²) < 4.78 is 26.5. The van der Waals surface area contributed by atoms with Gasteiger partial charge in [0, 0.05) is 20.1 Å². The number of nitrogens with one attached hydrogen (secondary N) is 2. The first-order valence-electron chi connectivity index (χ1n) is 7.04. The molecule has 21 heavy (non-hydrogen) atoms. The second-order valence-electron chi connectivity index (χ2n) is 4.61. The molecule has 3 nitrogen and oxygen atoms in total. The van der Waals surface area contributed by atoms with Gasteiger partial charge in [0.2, 0.25) is 0 Å². The number of guanidine groups is 1. The van der Waals surface area contributed by atoms with Crippen LogP contribution in [0.4, 0.5) is 8.78 Å². The van der Waals surface area contributed by atoms with Crippen molar-refractivity contribution >= 4 is 17.7 Å². The summed E-state index contributed by atoms with van der Waals surface area (Å²) in [5.41, 5.74) is 0.373. The molecule has 0 spiro atoms. The molecular weight excluding hydrogens is 292 g/mol. The van der Waals surface area contributed by atoms with E-state index in [0.29, 0.717) is 24.5 Å². The SMILES string of the molecule is CN=C(NCCCCSC)NCCc1cc(F)ccc1F. The van der Waals surface area contributed by atoms with E-state index in [1.165, 1.54) is 12.5 Å². The largest absolute Gasteiger partial charge is 0.356 e. The van der Waals surface area contributed by atoms with Crippen LogP contribution in [0.1, 0.15) is 18.4 Å². The summed E-state index contributed by atoms with van der Waals surface area (Å²) in [6, 6.07) is 3.51. The summed E-state index contributed by atoms with van der Waals surface area (Å²) in [5, 5.41) is 6.30. The van der Waals surface area contributed by atoms with E-state index in [-0.39, 0.29) is 5.82 Å². The molecule has 118 valence electrons. The highest BCUT2D eigenvalue weighted by atomic mass is 32.2. The second-order valence-corrected chi connectivity index (χ2v) is 5.60. The van der Waals surface area contributed by atoms with Crippen molar-refractivity contribution in [2.75, 3.05) is 32.1 Å². The molecule has 0 amide bonds. The number of thioether (sulfide) groups is 1. The highest BCUT2D eigenvalue weighted by Crippen LogP contribution is 2.09. The summed E-state index contributed by atoms with van der Waals surface area (Å²) >= 11 is 1.84. The Balaban J connectivity index is 2.27. The minimum atomic E-state index is -0.414. The normalized spacial score (nSPS) is 11.5. The molecule has 0 aliphatic heterocycles. The maximum absolute atomic E-state index is 13.5. The second kappa shape index (κ2) is 10.4. The van der Waals surface area contributed by atoms with Crippen molar-refractivity contribution in [2.45, 2.75) is 19.3 Å². The Kier molecular flexibility index (Phi) is 8.82. The Bertz CT molecular complexity index is 453. The highest BCUT2D eigenvalue weighted by molar-refractivity contribution is 7.98. The third kappa shape index (κ3) is 7.32. The number of halogens is 2. The maximum atomic E-state index is 13.5. The van der Waals surface area contributed by atoms with Crippen LogP contribution in [0, 0.1) is 11.6 Å². The predicted molar refractivity (Wildman–Crippen MR) is 87.0 cm³/mol. The molecule has 0 aliphatic carbocycles. The molecule has 1 aromatic rings. The number of benzene rings is 1. The van der Waals surface area contributed by atoms with Crippen molar-refractivity contribution in [1.82, 2.24) is 10.6 Å². The topological polar surface area (TPSA) is 36.4 Å². The summed E-state index contributed by atoms with van der Waals surface area (Å²) in [4.78, 5) is 4.10.